The van der Waals surface area contributed by atoms with Gasteiger partial charge in [-0.15, -0.1) is 11.3 Å². The van der Waals surface area contributed by atoms with Gasteiger partial charge in [0.15, 0.2) is 9.90 Å². The smallest absolute Gasteiger partial charge is 0.358 e. The minimum absolute atomic E-state index is 0.208. The van der Waals surface area contributed by atoms with Crippen LogP contribution in [0.1, 0.15) is 10.5 Å². The third-order valence-corrected chi connectivity index (χ3v) is 6.29. The Labute approximate surface area is 138 Å². The number of hydrogen-bond acceptors (Lipinski definition) is 6. The second kappa shape index (κ2) is 6.30. The summed E-state index contributed by atoms with van der Waals surface area (Å²) in [5.74, 6) is -0.811. The molecule has 1 aromatic carbocycles. The van der Waals surface area contributed by atoms with Crippen molar-refractivity contribution >= 4 is 60.5 Å². The standard InChI is InChI=1S/C11H8BrClN2O4S2/c1-19-10(16)9-11(20-5-14-9)21(17,18)15-6-2-3-8(13)7(12)4-6/h2-5,15H,1H3. The van der Waals surface area contributed by atoms with Gasteiger partial charge >= 0.3 is 5.97 Å². The molecular weight excluding hydrogens is 404 g/mol. The fourth-order valence-electron chi connectivity index (χ4n) is 1.42. The summed E-state index contributed by atoms with van der Waals surface area (Å²) in [4.78, 5) is 15.2. The van der Waals surface area contributed by atoms with Gasteiger partial charge in [-0.1, -0.05) is 11.6 Å². The highest BCUT2D eigenvalue weighted by atomic mass is 79.9. The lowest BCUT2D eigenvalue weighted by Crippen LogP contribution is -2.16. The summed E-state index contributed by atoms with van der Waals surface area (Å²) in [6, 6.07) is 4.56. The Morgan fingerprint density at radius 2 is 2.19 bits per heavy atom. The van der Waals surface area contributed by atoms with Crippen molar-refractivity contribution in [2.75, 3.05) is 11.8 Å². The second-order valence-corrected chi connectivity index (χ2v) is 7.71. The van der Waals surface area contributed by atoms with Crippen LogP contribution in [0.4, 0.5) is 5.69 Å². The lowest BCUT2D eigenvalue weighted by atomic mass is 10.3. The molecule has 0 saturated carbocycles. The highest BCUT2D eigenvalue weighted by Crippen LogP contribution is 2.28. The minimum atomic E-state index is -3.94. The van der Waals surface area contributed by atoms with E-state index in [0.29, 0.717) is 15.2 Å². The number of benzene rings is 1. The first-order chi connectivity index (χ1) is 9.85. The summed E-state index contributed by atoms with van der Waals surface area (Å²) in [6.45, 7) is 0. The Morgan fingerprint density at radius 3 is 2.81 bits per heavy atom. The van der Waals surface area contributed by atoms with Crippen LogP contribution in [0, 0.1) is 0 Å². The van der Waals surface area contributed by atoms with Crippen molar-refractivity contribution in [1.82, 2.24) is 4.98 Å². The molecular formula is C11H8BrClN2O4S2. The zero-order valence-corrected chi connectivity index (χ0v) is 14.4. The highest BCUT2D eigenvalue weighted by molar-refractivity contribution is 9.10. The number of thiazole rings is 1. The molecule has 0 radical (unpaired) electrons. The Balaban J connectivity index is 2.37. The zero-order chi connectivity index (χ0) is 15.6. The van der Waals surface area contributed by atoms with E-state index in [9.17, 15) is 13.2 Å². The Hall–Kier alpha value is -1.16. The van der Waals surface area contributed by atoms with E-state index in [-0.39, 0.29) is 9.90 Å². The molecule has 0 amide bonds. The summed E-state index contributed by atoms with van der Waals surface area (Å²) in [5.41, 5.74) is 1.32. The first-order valence-corrected chi connectivity index (χ1v) is 8.88. The topological polar surface area (TPSA) is 85.4 Å². The molecule has 1 aromatic heterocycles. The fraction of sp³-hybridized carbons (Fsp3) is 0.0909. The van der Waals surface area contributed by atoms with Gasteiger partial charge in [0.1, 0.15) is 0 Å². The fourth-order valence-corrected chi connectivity index (χ4v) is 4.10. The summed E-state index contributed by atoms with van der Waals surface area (Å²) in [6.07, 6.45) is 0. The number of carbonyl (C=O) groups excluding carboxylic acids is 1. The number of nitrogens with one attached hydrogen (secondary N) is 1. The van der Waals surface area contributed by atoms with Gasteiger partial charge in [0.2, 0.25) is 0 Å². The van der Waals surface area contributed by atoms with E-state index >= 15 is 0 Å². The van der Waals surface area contributed by atoms with E-state index in [2.05, 4.69) is 30.4 Å². The number of aromatic nitrogens is 1. The average Bonchev–Trinajstić information content (AvgIpc) is 2.92. The molecule has 0 spiro atoms. The van der Waals surface area contributed by atoms with Crippen LogP contribution in [-0.4, -0.2) is 26.5 Å². The molecule has 0 unspecified atom stereocenters. The number of rotatable bonds is 4. The predicted octanol–water partition coefficient (Wildman–Crippen LogP) is 3.15. The molecule has 0 atom stereocenters. The quantitative estimate of drug-likeness (QED) is 0.781. The Morgan fingerprint density at radius 1 is 1.48 bits per heavy atom. The summed E-state index contributed by atoms with van der Waals surface area (Å²) in [7, 11) is -2.79. The van der Waals surface area contributed by atoms with E-state index in [4.69, 9.17) is 11.6 Å². The maximum Gasteiger partial charge on any atom is 0.358 e. The van der Waals surface area contributed by atoms with Gasteiger partial charge in [0.05, 0.1) is 23.3 Å². The molecule has 0 saturated heterocycles. The molecule has 1 heterocycles. The van der Waals surface area contributed by atoms with Crippen molar-refractivity contribution in [3.63, 3.8) is 0 Å². The maximum absolute atomic E-state index is 12.3. The number of sulfonamides is 1. The maximum atomic E-state index is 12.3. The van der Waals surface area contributed by atoms with E-state index in [0.717, 1.165) is 18.4 Å². The van der Waals surface area contributed by atoms with E-state index in [1.54, 1.807) is 0 Å². The van der Waals surface area contributed by atoms with Gasteiger partial charge in [-0.05, 0) is 34.1 Å². The minimum Gasteiger partial charge on any atom is -0.464 e. The number of esters is 1. The number of halogens is 2. The molecule has 2 rings (SSSR count). The third-order valence-electron chi connectivity index (χ3n) is 2.33. The molecule has 0 aliphatic heterocycles. The first kappa shape index (κ1) is 16.2. The first-order valence-electron chi connectivity index (χ1n) is 5.35. The van der Waals surface area contributed by atoms with Gasteiger partial charge in [-0.2, -0.15) is 0 Å². The number of methoxy groups -OCH3 is 1. The van der Waals surface area contributed by atoms with Crippen molar-refractivity contribution < 1.29 is 17.9 Å². The van der Waals surface area contributed by atoms with Gasteiger partial charge in [-0.3, -0.25) is 4.72 Å². The van der Waals surface area contributed by atoms with Crippen molar-refractivity contribution in [3.8, 4) is 0 Å². The molecule has 0 fully saturated rings. The largest absolute Gasteiger partial charge is 0.464 e. The van der Waals surface area contributed by atoms with Crippen molar-refractivity contribution in [2.24, 2.45) is 0 Å². The third kappa shape index (κ3) is 3.54. The lowest BCUT2D eigenvalue weighted by molar-refractivity contribution is 0.0590. The Bertz CT molecular complexity index is 791. The monoisotopic (exact) mass is 410 g/mol. The van der Waals surface area contributed by atoms with Crippen molar-refractivity contribution in [3.05, 3.63) is 38.9 Å². The van der Waals surface area contributed by atoms with Crippen LogP contribution in [0.3, 0.4) is 0 Å². The average molecular weight is 412 g/mol. The van der Waals surface area contributed by atoms with Gasteiger partial charge in [-0.25, -0.2) is 18.2 Å². The second-order valence-electron chi connectivity index (χ2n) is 3.71. The van der Waals surface area contributed by atoms with Crippen LogP contribution in [0.2, 0.25) is 5.02 Å². The van der Waals surface area contributed by atoms with Crippen molar-refractivity contribution in [1.29, 1.82) is 0 Å². The van der Waals surface area contributed by atoms with Crippen molar-refractivity contribution in [2.45, 2.75) is 4.21 Å². The van der Waals surface area contributed by atoms with Crippen LogP contribution in [0.15, 0.2) is 32.4 Å². The normalized spacial score (nSPS) is 11.2. The van der Waals surface area contributed by atoms with Gasteiger partial charge in [0, 0.05) is 4.47 Å². The van der Waals surface area contributed by atoms with Gasteiger partial charge < -0.3 is 4.74 Å². The van der Waals surface area contributed by atoms with Crippen LogP contribution in [-0.2, 0) is 14.8 Å². The molecule has 21 heavy (non-hydrogen) atoms. The Kier molecular flexibility index (Phi) is 4.87. The number of nitrogens with zero attached hydrogens (tertiary/aromatic N) is 1. The van der Waals surface area contributed by atoms with E-state index in [1.165, 1.54) is 23.7 Å². The molecule has 1 N–H and O–H groups in total. The molecule has 0 aliphatic rings. The zero-order valence-electron chi connectivity index (χ0n) is 10.5. The summed E-state index contributed by atoms with van der Waals surface area (Å²) in [5, 5.41) is 0.450. The van der Waals surface area contributed by atoms with E-state index < -0.39 is 16.0 Å². The lowest BCUT2D eigenvalue weighted by Gasteiger charge is -2.08. The van der Waals surface area contributed by atoms with Crippen LogP contribution in [0.25, 0.3) is 0 Å². The number of ether oxygens (including phenoxy) is 1. The van der Waals surface area contributed by atoms with Gasteiger partial charge in [0.25, 0.3) is 10.0 Å². The van der Waals surface area contributed by atoms with Crippen LogP contribution in [0.5, 0.6) is 0 Å². The predicted molar refractivity (Wildman–Crippen MR) is 83.4 cm³/mol. The highest BCUT2D eigenvalue weighted by Gasteiger charge is 2.26. The number of carbonyl (C=O) groups is 1. The number of anilines is 1. The molecule has 0 bridgehead atoms. The molecule has 2 aromatic rings. The van der Waals surface area contributed by atoms with Crippen LogP contribution < -0.4 is 4.72 Å². The molecule has 6 nitrogen and oxygen atoms in total. The summed E-state index contributed by atoms with van der Waals surface area (Å²) < 4.78 is 31.8. The number of hydrogen-bond donors (Lipinski definition) is 1. The molecule has 0 aliphatic carbocycles. The SMILES string of the molecule is COC(=O)c1ncsc1S(=O)(=O)Nc1ccc(Cl)c(Br)c1. The summed E-state index contributed by atoms with van der Waals surface area (Å²) >= 11 is 9.87. The van der Waals surface area contributed by atoms with Crippen LogP contribution >= 0.6 is 38.9 Å². The molecule has 112 valence electrons. The molecule has 10 heteroatoms. The van der Waals surface area contributed by atoms with E-state index in [1.807, 2.05) is 0 Å².